The highest BCUT2D eigenvalue weighted by Crippen LogP contribution is 2.08. The standard InChI is InChI=1S/C13H17N5O5/c1-3-9(20)23-5-4-22-7-18-6-14-10-11(18)16-13(15-8(2)19)17-12(10)21/h6H,3-5,7H2,1-2H3,(H2,15,16,17,19,21). The molecule has 10 nitrogen and oxygen atoms in total. The van der Waals surface area contributed by atoms with Gasteiger partial charge in [0.25, 0.3) is 5.56 Å². The number of carbonyl (C=O) groups excluding carboxylic acids is 2. The van der Waals surface area contributed by atoms with Gasteiger partial charge in [0, 0.05) is 13.3 Å². The number of hydrogen-bond donors (Lipinski definition) is 2. The van der Waals surface area contributed by atoms with Crippen molar-refractivity contribution in [1.82, 2.24) is 19.5 Å². The van der Waals surface area contributed by atoms with Gasteiger partial charge in [0.15, 0.2) is 11.2 Å². The van der Waals surface area contributed by atoms with Crippen molar-refractivity contribution in [2.75, 3.05) is 18.5 Å². The lowest BCUT2D eigenvalue weighted by Gasteiger charge is -2.07. The van der Waals surface area contributed by atoms with Gasteiger partial charge in [0.1, 0.15) is 13.3 Å². The molecule has 0 bridgehead atoms. The SMILES string of the molecule is CCC(=O)OCCOCn1cnc2c(=O)[nH]c(NC(C)=O)nc21. The average Bonchev–Trinajstić information content (AvgIpc) is 2.89. The zero-order valence-corrected chi connectivity index (χ0v) is 12.8. The highest BCUT2D eigenvalue weighted by molar-refractivity contribution is 5.87. The molecule has 0 spiro atoms. The van der Waals surface area contributed by atoms with Gasteiger partial charge in [0.05, 0.1) is 12.9 Å². The summed E-state index contributed by atoms with van der Waals surface area (Å²) in [6, 6.07) is 0. The van der Waals surface area contributed by atoms with E-state index in [0.717, 1.165) is 0 Å². The van der Waals surface area contributed by atoms with Gasteiger partial charge in [-0.2, -0.15) is 4.98 Å². The molecule has 10 heteroatoms. The maximum atomic E-state index is 11.9. The Balaban J connectivity index is 2.03. The molecule has 0 saturated carbocycles. The number of imidazole rings is 1. The van der Waals surface area contributed by atoms with Gasteiger partial charge in [-0.05, 0) is 0 Å². The monoisotopic (exact) mass is 323 g/mol. The molecule has 0 aliphatic heterocycles. The summed E-state index contributed by atoms with van der Waals surface area (Å²) >= 11 is 0. The van der Waals surface area contributed by atoms with Crippen LogP contribution < -0.4 is 10.9 Å². The van der Waals surface area contributed by atoms with Gasteiger partial charge in [-0.25, -0.2) is 4.98 Å². The van der Waals surface area contributed by atoms with E-state index in [1.807, 2.05) is 0 Å². The molecule has 0 aliphatic rings. The summed E-state index contributed by atoms with van der Waals surface area (Å²) in [6.07, 6.45) is 1.72. The summed E-state index contributed by atoms with van der Waals surface area (Å²) in [5, 5.41) is 2.41. The van der Waals surface area contributed by atoms with Crippen LogP contribution >= 0.6 is 0 Å². The normalized spacial score (nSPS) is 10.7. The van der Waals surface area contributed by atoms with Crippen molar-refractivity contribution in [1.29, 1.82) is 0 Å². The van der Waals surface area contributed by atoms with Gasteiger partial charge in [-0.3, -0.25) is 29.3 Å². The van der Waals surface area contributed by atoms with Gasteiger partial charge < -0.3 is 9.47 Å². The molecule has 23 heavy (non-hydrogen) atoms. The van der Waals surface area contributed by atoms with E-state index in [1.165, 1.54) is 17.8 Å². The number of nitrogens with one attached hydrogen (secondary N) is 2. The molecule has 0 saturated heterocycles. The number of aromatic nitrogens is 4. The number of hydrogen-bond acceptors (Lipinski definition) is 7. The number of H-pyrrole nitrogens is 1. The van der Waals surface area contributed by atoms with E-state index in [1.54, 1.807) is 6.92 Å². The first-order valence-corrected chi connectivity index (χ1v) is 6.97. The lowest BCUT2D eigenvalue weighted by atomic mass is 10.5. The van der Waals surface area contributed by atoms with E-state index in [4.69, 9.17) is 9.47 Å². The maximum Gasteiger partial charge on any atom is 0.305 e. The third-order valence-electron chi connectivity index (χ3n) is 2.78. The largest absolute Gasteiger partial charge is 0.463 e. The quantitative estimate of drug-likeness (QED) is 0.542. The molecule has 0 radical (unpaired) electrons. The first kappa shape index (κ1) is 16.6. The lowest BCUT2D eigenvalue weighted by molar-refractivity contribution is -0.145. The molecule has 1 amide bonds. The van der Waals surface area contributed by atoms with Crippen LogP contribution in [-0.2, 0) is 25.8 Å². The van der Waals surface area contributed by atoms with Crippen molar-refractivity contribution in [2.24, 2.45) is 0 Å². The molecule has 0 unspecified atom stereocenters. The number of aromatic amines is 1. The number of rotatable bonds is 7. The van der Waals surface area contributed by atoms with Gasteiger partial charge in [-0.15, -0.1) is 0 Å². The number of ether oxygens (including phenoxy) is 2. The molecule has 0 atom stereocenters. The van der Waals surface area contributed by atoms with E-state index >= 15 is 0 Å². The highest BCUT2D eigenvalue weighted by Gasteiger charge is 2.11. The fraction of sp³-hybridized carbons (Fsp3) is 0.462. The van der Waals surface area contributed by atoms with Crippen molar-refractivity contribution in [3.05, 3.63) is 16.7 Å². The van der Waals surface area contributed by atoms with Crippen LogP contribution in [0, 0.1) is 0 Å². The second-order valence-electron chi connectivity index (χ2n) is 4.59. The van der Waals surface area contributed by atoms with E-state index < -0.39 is 5.56 Å². The third kappa shape index (κ3) is 4.36. The molecule has 2 rings (SSSR count). The van der Waals surface area contributed by atoms with Crippen LogP contribution in [0.4, 0.5) is 5.95 Å². The Kier molecular flexibility index (Phi) is 5.41. The molecule has 124 valence electrons. The predicted octanol–water partition coefficient (Wildman–Crippen LogP) is 0.00530. The topological polar surface area (TPSA) is 128 Å². The summed E-state index contributed by atoms with van der Waals surface area (Å²) in [5.74, 6) is -0.615. The first-order valence-electron chi connectivity index (χ1n) is 6.97. The van der Waals surface area contributed by atoms with Crippen LogP contribution in [0.2, 0.25) is 0 Å². The summed E-state index contributed by atoms with van der Waals surface area (Å²) in [4.78, 5) is 44.4. The minimum absolute atomic E-state index is 0.0358. The lowest BCUT2D eigenvalue weighted by Crippen LogP contribution is -2.17. The minimum Gasteiger partial charge on any atom is -0.463 e. The van der Waals surface area contributed by atoms with Gasteiger partial charge >= 0.3 is 5.97 Å². The number of amides is 1. The summed E-state index contributed by atoms with van der Waals surface area (Å²) < 4.78 is 11.7. The zero-order valence-electron chi connectivity index (χ0n) is 12.8. The predicted molar refractivity (Wildman–Crippen MR) is 79.7 cm³/mol. The van der Waals surface area contributed by atoms with Crippen molar-refractivity contribution in [3.63, 3.8) is 0 Å². The summed E-state index contributed by atoms with van der Waals surface area (Å²) in [7, 11) is 0. The van der Waals surface area contributed by atoms with E-state index in [9.17, 15) is 14.4 Å². The molecule has 0 aromatic carbocycles. The fourth-order valence-corrected chi connectivity index (χ4v) is 1.75. The Morgan fingerprint density at radius 3 is 2.87 bits per heavy atom. The number of nitrogens with zero attached hydrogens (tertiary/aromatic N) is 3. The van der Waals surface area contributed by atoms with Crippen molar-refractivity contribution in [2.45, 2.75) is 27.0 Å². The average molecular weight is 323 g/mol. The molecule has 0 aliphatic carbocycles. The molecule has 2 N–H and O–H groups in total. The number of carbonyl (C=O) groups is 2. The van der Waals surface area contributed by atoms with Crippen LogP contribution in [0.5, 0.6) is 0 Å². The first-order chi connectivity index (χ1) is 11.0. The van der Waals surface area contributed by atoms with Crippen molar-refractivity contribution < 1.29 is 19.1 Å². The Morgan fingerprint density at radius 1 is 1.39 bits per heavy atom. The smallest absolute Gasteiger partial charge is 0.305 e. The van der Waals surface area contributed by atoms with Crippen molar-refractivity contribution in [3.8, 4) is 0 Å². The molecule has 0 fully saturated rings. The van der Waals surface area contributed by atoms with Crippen LogP contribution in [0.25, 0.3) is 11.2 Å². The molecular formula is C13H17N5O5. The van der Waals surface area contributed by atoms with Gasteiger partial charge in [0.2, 0.25) is 11.9 Å². The maximum absolute atomic E-state index is 11.9. The summed E-state index contributed by atoms with van der Waals surface area (Å²) in [6.45, 7) is 3.44. The Morgan fingerprint density at radius 2 is 2.17 bits per heavy atom. The zero-order chi connectivity index (χ0) is 16.8. The van der Waals surface area contributed by atoms with E-state index in [0.29, 0.717) is 6.42 Å². The number of esters is 1. The molecule has 2 aromatic heterocycles. The molecule has 2 aromatic rings. The fourth-order valence-electron chi connectivity index (χ4n) is 1.75. The van der Waals surface area contributed by atoms with Crippen LogP contribution in [0.3, 0.4) is 0 Å². The molecule has 2 heterocycles. The molecular weight excluding hydrogens is 306 g/mol. The van der Waals surface area contributed by atoms with Crippen LogP contribution in [-0.4, -0.2) is 44.6 Å². The van der Waals surface area contributed by atoms with E-state index in [-0.39, 0.29) is 48.9 Å². The minimum atomic E-state index is -0.464. The summed E-state index contributed by atoms with van der Waals surface area (Å²) in [5.41, 5.74) is -0.0439. The van der Waals surface area contributed by atoms with Gasteiger partial charge in [-0.1, -0.05) is 6.92 Å². The number of fused-ring (bicyclic) bond motifs is 1. The Hall–Kier alpha value is -2.75. The highest BCUT2D eigenvalue weighted by atomic mass is 16.6. The second-order valence-corrected chi connectivity index (χ2v) is 4.59. The Bertz CT molecular complexity index is 766. The number of anilines is 1. The van der Waals surface area contributed by atoms with Crippen LogP contribution in [0.15, 0.2) is 11.1 Å². The van der Waals surface area contributed by atoms with Crippen molar-refractivity contribution >= 4 is 29.0 Å². The van der Waals surface area contributed by atoms with Crippen LogP contribution in [0.1, 0.15) is 20.3 Å². The second kappa shape index (κ2) is 7.49. The third-order valence-corrected chi connectivity index (χ3v) is 2.78. The Labute approximate surface area is 130 Å². The van der Waals surface area contributed by atoms with E-state index in [2.05, 4.69) is 20.3 Å².